The van der Waals surface area contributed by atoms with Gasteiger partial charge in [0.15, 0.2) is 5.82 Å². The minimum absolute atomic E-state index is 0.292. The number of nitrogens with zero attached hydrogens (tertiary/aromatic N) is 3. The van der Waals surface area contributed by atoms with Crippen LogP contribution < -0.4 is 5.32 Å². The van der Waals surface area contributed by atoms with Gasteiger partial charge < -0.3 is 10.4 Å². The number of aromatic nitrogens is 3. The summed E-state index contributed by atoms with van der Waals surface area (Å²) in [6, 6.07) is 0.490. The minimum Gasteiger partial charge on any atom is -0.481 e. The van der Waals surface area contributed by atoms with E-state index in [1.54, 1.807) is 0 Å². The van der Waals surface area contributed by atoms with Gasteiger partial charge in [-0.1, -0.05) is 0 Å². The molecule has 1 saturated heterocycles. The zero-order valence-corrected chi connectivity index (χ0v) is 10.3. The normalized spacial score (nSPS) is 27.1. The van der Waals surface area contributed by atoms with Gasteiger partial charge in [0.25, 0.3) is 0 Å². The van der Waals surface area contributed by atoms with Crippen molar-refractivity contribution in [1.82, 2.24) is 20.1 Å². The first kappa shape index (κ1) is 11.6. The first-order valence-corrected chi connectivity index (χ1v) is 6.61. The molecule has 2 N–H and O–H groups in total. The van der Waals surface area contributed by atoms with Crippen molar-refractivity contribution in [2.45, 2.75) is 44.7 Å². The third-order valence-electron chi connectivity index (χ3n) is 3.85. The van der Waals surface area contributed by atoms with Crippen LogP contribution in [-0.2, 0) is 24.2 Å². The lowest BCUT2D eigenvalue weighted by molar-refractivity contribution is -0.142. The summed E-state index contributed by atoms with van der Waals surface area (Å²) >= 11 is 0. The highest BCUT2D eigenvalue weighted by Gasteiger charge is 2.27. The van der Waals surface area contributed by atoms with E-state index < -0.39 is 5.97 Å². The minimum atomic E-state index is -0.719. The zero-order valence-electron chi connectivity index (χ0n) is 10.3. The van der Waals surface area contributed by atoms with Crippen molar-refractivity contribution in [3.8, 4) is 0 Å². The summed E-state index contributed by atoms with van der Waals surface area (Å²) in [5, 5.41) is 16.9. The van der Waals surface area contributed by atoms with Gasteiger partial charge in [-0.3, -0.25) is 4.79 Å². The van der Waals surface area contributed by atoms with Crippen LogP contribution in [0.3, 0.4) is 0 Å². The first-order valence-electron chi connectivity index (χ1n) is 6.61. The summed E-state index contributed by atoms with van der Waals surface area (Å²) in [7, 11) is 0. The number of hydrogen-bond donors (Lipinski definition) is 2. The summed E-state index contributed by atoms with van der Waals surface area (Å²) in [4.78, 5) is 15.5. The SMILES string of the molecule is O=C(O)C1CCn2nc(CC3CCCN3)nc2C1. The van der Waals surface area contributed by atoms with Crippen LogP contribution in [0.25, 0.3) is 0 Å². The van der Waals surface area contributed by atoms with Crippen molar-refractivity contribution in [3.63, 3.8) is 0 Å². The van der Waals surface area contributed by atoms with Gasteiger partial charge in [0.1, 0.15) is 5.82 Å². The predicted molar refractivity (Wildman–Crippen MR) is 64.2 cm³/mol. The molecule has 1 aromatic rings. The molecule has 2 atom stereocenters. The highest BCUT2D eigenvalue weighted by molar-refractivity contribution is 5.70. The fraction of sp³-hybridized carbons (Fsp3) is 0.750. The number of carbonyl (C=O) groups is 1. The quantitative estimate of drug-likeness (QED) is 0.802. The second-order valence-corrected chi connectivity index (χ2v) is 5.19. The highest BCUT2D eigenvalue weighted by Crippen LogP contribution is 2.20. The maximum atomic E-state index is 11.0. The second-order valence-electron chi connectivity index (χ2n) is 5.19. The van der Waals surface area contributed by atoms with Crippen LogP contribution in [0, 0.1) is 5.92 Å². The summed E-state index contributed by atoms with van der Waals surface area (Å²) in [5.41, 5.74) is 0. The van der Waals surface area contributed by atoms with Crippen LogP contribution >= 0.6 is 0 Å². The monoisotopic (exact) mass is 250 g/mol. The Labute approximate surface area is 105 Å². The molecular weight excluding hydrogens is 232 g/mol. The number of hydrogen-bond acceptors (Lipinski definition) is 4. The fourth-order valence-electron chi connectivity index (χ4n) is 2.81. The fourth-order valence-corrected chi connectivity index (χ4v) is 2.81. The van der Waals surface area contributed by atoms with Gasteiger partial charge in [0.05, 0.1) is 5.92 Å². The Morgan fingerprint density at radius 2 is 2.39 bits per heavy atom. The van der Waals surface area contributed by atoms with Gasteiger partial charge in [0, 0.05) is 25.4 Å². The smallest absolute Gasteiger partial charge is 0.307 e. The van der Waals surface area contributed by atoms with Crippen LogP contribution in [-0.4, -0.2) is 38.4 Å². The van der Waals surface area contributed by atoms with E-state index in [0.717, 1.165) is 24.6 Å². The molecule has 0 saturated carbocycles. The Morgan fingerprint density at radius 3 is 3.11 bits per heavy atom. The third kappa shape index (κ3) is 2.25. The molecule has 2 aliphatic heterocycles. The van der Waals surface area contributed by atoms with Crippen LogP contribution in [0.15, 0.2) is 0 Å². The molecule has 2 aliphatic rings. The van der Waals surface area contributed by atoms with E-state index >= 15 is 0 Å². The van der Waals surface area contributed by atoms with E-state index in [-0.39, 0.29) is 5.92 Å². The van der Waals surface area contributed by atoms with Gasteiger partial charge in [-0.25, -0.2) is 9.67 Å². The number of carboxylic acid groups (broad SMARTS) is 1. The molecule has 6 heteroatoms. The van der Waals surface area contributed by atoms with E-state index in [4.69, 9.17) is 5.11 Å². The highest BCUT2D eigenvalue weighted by atomic mass is 16.4. The molecule has 0 spiro atoms. The van der Waals surface area contributed by atoms with Crippen LogP contribution in [0.2, 0.25) is 0 Å². The summed E-state index contributed by atoms with van der Waals surface area (Å²) in [6.45, 7) is 1.76. The first-order chi connectivity index (χ1) is 8.72. The van der Waals surface area contributed by atoms with Gasteiger partial charge in [-0.15, -0.1) is 0 Å². The van der Waals surface area contributed by atoms with Crippen LogP contribution in [0.4, 0.5) is 0 Å². The van der Waals surface area contributed by atoms with E-state index in [2.05, 4.69) is 15.4 Å². The Balaban J connectivity index is 1.70. The van der Waals surface area contributed by atoms with Crippen molar-refractivity contribution in [3.05, 3.63) is 11.6 Å². The number of aliphatic carboxylic acids is 1. The lowest BCUT2D eigenvalue weighted by atomic mass is 9.98. The maximum absolute atomic E-state index is 11.0. The molecule has 1 aromatic heterocycles. The Morgan fingerprint density at radius 1 is 1.50 bits per heavy atom. The molecule has 3 heterocycles. The van der Waals surface area contributed by atoms with Crippen LogP contribution in [0.5, 0.6) is 0 Å². The Hall–Kier alpha value is -1.43. The van der Waals surface area contributed by atoms with Gasteiger partial charge in [-0.05, 0) is 25.8 Å². The molecule has 0 amide bonds. The summed E-state index contributed by atoms with van der Waals surface area (Å²) in [5.74, 6) is 0.680. The van der Waals surface area contributed by atoms with E-state index in [1.165, 1.54) is 12.8 Å². The molecule has 1 fully saturated rings. The molecule has 98 valence electrons. The molecule has 6 nitrogen and oxygen atoms in total. The van der Waals surface area contributed by atoms with E-state index in [0.29, 0.717) is 25.4 Å². The average molecular weight is 250 g/mol. The number of fused-ring (bicyclic) bond motifs is 1. The summed E-state index contributed by atoms with van der Waals surface area (Å²) < 4.78 is 1.88. The molecule has 0 aromatic carbocycles. The maximum Gasteiger partial charge on any atom is 0.307 e. The Bertz CT molecular complexity index is 451. The van der Waals surface area contributed by atoms with Crippen LogP contribution in [0.1, 0.15) is 30.9 Å². The van der Waals surface area contributed by atoms with Crippen molar-refractivity contribution < 1.29 is 9.90 Å². The number of nitrogens with one attached hydrogen (secondary N) is 1. The molecule has 3 rings (SSSR count). The summed E-state index contributed by atoms with van der Waals surface area (Å²) in [6.07, 6.45) is 4.44. The van der Waals surface area contributed by atoms with Gasteiger partial charge in [-0.2, -0.15) is 5.10 Å². The molecular formula is C12H18N4O2. The van der Waals surface area contributed by atoms with Gasteiger partial charge >= 0.3 is 5.97 Å². The number of rotatable bonds is 3. The standard InChI is InChI=1S/C12H18N4O2/c17-12(18)8-3-5-16-11(6-8)14-10(15-16)7-9-2-1-4-13-9/h8-9,13H,1-7H2,(H,17,18). The largest absolute Gasteiger partial charge is 0.481 e. The zero-order chi connectivity index (χ0) is 12.5. The van der Waals surface area contributed by atoms with Gasteiger partial charge in [0.2, 0.25) is 0 Å². The molecule has 0 bridgehead atoms. The topological polar surface area (TPSA) is 80.0 Å². The number of carboxylic acids is 1. The lowest BCUT2D eigenvalue weighted by Gasteiger charge is -2.17. The predicted octanol–water partition coefficient (Wildman–Crippen LogP) is 0.220. The van der Waals surface area contributed by atoms with Crippen molar-refractivity contribution in [1.29, 1.82) is 0 Å². The lowest BCUT2D eigenvalue weighted by Crippen LogP contribution is -2.26. The molecule has 0 radical (unpaired) electrons. The molecule has 0 aliphatic carbocycles. The average Bonchev–Trinajstić information content (AvgIpc) is 2.96. The number of aryl methyl sites for hydroxylation is 1. The van der Waals surface area contributed by atoms with Crippen molar-refractivity contribution >= 4 is 5.97 Å². The second kappa shape index (κ2) is 4.68. The third-order valence-corrected chi connectivity index (χ3v) is 3.85. The van der Waals surface area contributed by atoms with Crippen molar-refractivity contribution in [2.24, 2.45) is 5.92 Å². The van der Waals surface area contributed by atoms with Crippen molar-refractivity contribution in [2.75, 3.05) is 6.54 Å². The molecule has 18 heavy (non-hydrogen) atoms. The van der Waals surface area contributed by atoms with E-state index in [9.17, 15) is 4.79 Å². The Kier molecular flexibility index (Phi) is 3.03. The molecule has 2 unspecified atom stereocenters. The van der Waals surface area contributed by atoms with E-state index in [1.807, 2.05) is 4.68 Å².